The van der Waals surface area contributed by atoms with Crippen molar-refractivity contribution in [3.05, 3.63) is 69.7 Å². The van der Waals surface area contributed by atoms with E-state index in [0.29, 0.717) is 48.9 Å². The molecule has 1 fully saturated rings. The lowest BCUT2D eigenvalue weighted by Gasteiger charge is -2.36. The third-order valence-corrected chi connectivity index (χ3v) is 6.02. The fraction of sp³-hybridized carbons (Fsp3) is 0.292. The Balaban J connectivity index is 1.47. The number of methoxy groups -OCH3 is 2. The topological polar surface area (TPSA) is 76.9 Å². The van der Waals surface area contributed by atoms with E-state index in [0.717, 1.165) is 10.4 Å². The number of nitrogens with zero attached hydrogens (tertiary/aromatic N) is 4. The minimum atomic E-state index is -0.467. The quantitative estimate of drug-likeness (QED) is 0.533. The van der Waals surface area contributed by atoms with Gasteiger partial charge in [0.25, 0.3) is 5.56 Å². The number of benzene rings is 2. The second-order valence-corrected chi connectivity index (χ2v) is 8.15. The molecular weight excluding hydrogens is 463 g/mol. The number of amides is 1. The Kier molecular flexibility index (Phi) is 7.02. The lowest BCUT2D eigenvalue weighted by Crippen LogP contribution is -2.50. The Hall–Kier alpha value is -3.59. The first-order valence-corrected chi connectivity index (χ1v) is 11.1. The molecule has 0 radical (unpaired) electrons. The Morgan fingerprint density at radius 3 is 2.47 bits per heavy atom. The molecule has 4 rings (SSSR count). The normalized spacial score (nSPS) is 13.6. The number of rotatable bonds is 6. The largest absolute Gasteiger partial charge is 0.497 e. The van der Waals surface area contributed by atoms with Crippen LogP contribution in [0.25, 0.3) is 11.3 Å². The Morgan fingerprint density at radius 2 is 1.79 bits per heavy atom. The highest BCUT2D eigenvalue weighted by Gasteiger charge is 2.23. The molecule has 0 saturated carbocycles. The van der Waals surface area contributed by atoms with Crippen LogP contribution < -0.4 is 19.9 Å². The third kappa shape index (κ3) is 4.99. The summed E-state index contributed by atoms with van der Waals surface area (Å²) in [6, 6.07) is 12.8. The first-order valence-electron chi connectivity index (χ1n) is 10.7. The molecule has 1 amide bonds. The van der Waals surface area contributed by atoms with Crippen molar-refractivity contribution in [3.8, 4) is 22.8 Å². The molecular formula is C24H24ClFN4O4. The van der Waals surface area contributed by atoms with Crippen molar-refractivity contribution in [3.63, 3.8) is 0 Å². The maximum absolute atomic E-state index is 13.4. The van der Waals surface area contributed by atoms with Crippen LogP contribution in [0.15, 0.2) is 53.3 Å². The van der Waals surface area contributed by atoms with Crippen molar-refractivity contribution in [2.45, 2.75) is 6.54 Å². The first-order chi connectivity index (χ1) is 16.4. The summed E-state index contributed by atoms with van der Waals surface area (Å²) < 4.78 is 25.3. The molecule has 0 bridgehead atoms. The lowest BCUT2D eigenvalue weighted by molar-refractivity contribution is -0.132. The van der Waals surface area contributed by atoms with Crippen LogP contribution in [0.2, 0.25) is 5.02 Å². The molecule has 8 nitrogen and oxygen atoms in total. The third-order valence-electron chi connectivity index (χ3n) is 5.73. The molecule has 178 valence electrons. The van der Waals surface area contributed by atoms with Crippen LogP contribution in [0.4, 0.5) is 10.1 Å². The number of piperazine rings is 1. The van der Waals surface area contributed by atoms with Crippen molar-refractivity contribution in [2.75, 3.05) is 45.3 Å². The van der Waals surface area contributed by atoms with Crippen LogP contribution in [-0.4, -0.2) is 61.0 Å². The average Bonchev–Trinajstić information content (AvgIpc) is 2.86. The van der Waals surface area contributed by atoms with Gasteiger partial charge in [0.15, 0.2) is 0 Å². The zero-order valence-electron chi connectivity index (χ0n) is 18.8. The maximum Gasteiger partial charge on any atom is 0.267 e. The summed E-state index contributed by atoms with van der Waals surface area (Å²) in [5.74, 6) is 0.515. The predicted molar refractivity (Wildman–Crippen MR) is 127 cm³/mol. The van der Waals surface area contributed by atoms with Crippen molar-refractivity contribution in [1.29, 1.82) is 0 Å². The van der Waals surface area contributed by atoms with Crippen molar-refractivity contribution < 1.29 is 18.7 Å². The minimum Gasteiger partial charge on any atom is -0.497 e. The van der Waals surface area contributed by atoms with Gasteiger partial charge in [-0.15, -0.1) is 0 Å². The zero-order valence-corrected chi connectivity index (χ0v) is 19.6. The van der Waals surface area contributed by atoms with Gasteiger partial charge < -0.3 is 19.3 Å². The average molecular weight is 487 g/mol. The van der Waals surface area contributed by atoms with Crippen LogP contribution in [-0.2, 0) is 11.3 Å². The number of hydrogen-bond acceptors (Lipinski definition) is 6. The highest BCUT2D eigenvalue weighted by atomic mass is 35.5. The summed E-state index contributed by atoms with van der Waals surface area (Å²) in [7, 11) is 3.10. The van der Waals surface area contributed by atoms with E-state index in [-0.39, 0.29) is 23.0 Å². The second kappa shape index (κ2) is 10.1. The number of ether oxygens (including phenoxy) is 2. The SMILES string of the molecule is COc1ccc(OC)c(-c2ccc(=O)n(CC(=O)N3CCN(c4ccc(F)c(Cl)c4)CC3)n2)c1. The van der Waals surface area contributed by atoms with E-state index < -0.39 is 5.82 Å². The highest BCUT2D eigenvalue weighted by molar-refractivity contribution is 6.31. The van der Waals surface area contributed by atoms with Gasteiger partial charge in [-0.3, -0.25) is 9.59 Å². The molecule has 10 heteroatoms. The number of anilines is 1. The number of carbonyl (C=O) groups is 1. The fourth-order valence-corrected chi connectivity index (χ4v) is 4.02. The van der Waals surface area contributed by atoms with E-state index in [1.165, 1.54) is 12.1 Å². The highest BCUT2D eigenvalue weighted by Crippen LogP contribution is 2.31. The van der Waals surface area contributed by atoms with Gasteiger partial charge in [0.2, 0.25) is 5.91 Å². The molecule has 3 aromatic rings. The number of hydrogen-bond donors (Lipinski definition) is 0. The molecule has 1 aromatic heterocycles. The van der Waals surface area contributed by atoms with Crippen molar-refractivity contribution in [2.24, 2.45) is 0 Å². The van der Waals surface area contributed by atoms with Crippen LogP contribution >= 0.6 is 11.6 Å². The maximum atomic E-state index is 13.4. The molecule has 1 saturated heterocycles. The van der Waals surface area contributed by atoms with Crippen molar-refractivity contribution in [1.82, 2.24) is 14.7 Å². The van der Waals surface area contributed by atoms with Gasteiger partial charge >= 0.3 is 0 Å². The molecule has 2 aromatic carbocycles. The summed E-state index contributed by atoms with van der Waals surface area (Å²) in [6.07, 6.45) is 0. The van der Waals surface area contributed by atoms with E-state index in [1.807, 2.05) is 4.90 Å². The summed E-state index contributed by atoms with van der Waals surface area (Å²) >= 11 is 5.89. The van der Waals surface area contributed by atoms with Crippen LogP contribution in [0, 0.1) is 5.82 Å². The number of halogens is 2. The molecule has 1 aliphatic heterocycles. The molecule has 0 spiro atoms. The summed E-state index contributed by atoms with van der Waals surface area (Å²) in [6.45, 7) is 1.88. The van der Waals surface area contributed by atoms with E-state index in [1.54, 1.807) is 55.5 Å². The van der Waals surface area contributed by atoms with Crippen LogP contribution in [0.1, 0.15) is 0 Å². The summed E-state index contributed by atoms with van der Waals surface area (Å²) in [5.41, 5.74) is 1.56. The van der Waals surface area contributed by atoms with Gasteiger partial charge in [0.05, 0.1) is 24.9 Å². The summed E-state index contributed by atoms with van der Waals surface area (Å²) in [5, 5.41) is 4.47. The van der Waals surface area contributed by atoms with Gasteiger partial charge in [-0.2, -0.15) is 5.10 Å². The minimum absolute atomic E-state index is 0.0639. The van der Waals surface area contributed by atoms with Gasteiger partial charge in [0, 0.05) is 43.5 Å². The van der Waals surface area contributed by atoms with E-state index in [4.69, 9.17) is 21.1 Å². The van der Waals surface area contributed by atoms with Crippen molar-refractivity contribution >= 4 is 23.2 Å². The van der Waals surface area contributed by atoms with Gasteiger partial charge in [-0.25, -0.2) is 9.07 Å². The Labute approximate surface area is 201 Å². The van der Waals surface area contributed by atoms with Gasteiger partial charge in [-0.1, -0.05) is 11.6 Å². The fourth-order valence-electron chi connectivity index (χ4n) is 3.84. The van der Waals surface area contributed by atoms with Gasteiger partial charge in [0.1, 0.15) is 23.9 Å². The lowest BCUT2D eigenvalue weighted by atomic mass is 10.1. The molecule has 1 aliphatic rings. The van der Waals surface area contributed by atoms with Crippen LogP contribution in [0.5, 0.6) is 11.5 Å². The molecule has 0 N–H and O–H groups in total. The number of aromatic nitrogens is 2. The van der Waals surface area contributed by atoms with E-state index >= 15 is 0 Å². The predicted octanol–water partition coefficient (Wildman–Crippen LogP) is 3.07. The smallest absolute Gasteiger partial charge is 0.267 e. The Morgan fingerprint density at radius 1 is 1.03 bits per heavy atom. The van der Waals surface area contributed by atoms with E-state index in [9.17, 15) is 14.0 Å². The standard InChI is InChI=1S/C24H24ClFN4O4/c1-33-17-4-7-22(34-2)18(14-17)21-6-8-23(31)30(27-21)15-24(32)29-11-9-28(10-12-29)16-3-5-20(26)19(25)13-16/h3-8,13-14H,9-12,15H2,1-2H3. The molecule has 2 heterocycles. The zero-order chi connectivity index (χ0) is 24.2. The van der Waals surface area contributed by atoms with E-state index in [2.05, 4.69) is 5.10 Å². The molecule has 0 unspecified atom stereocenters. The van der Waals surface area contributed by atoms with Crippen LogP contribution in [0.3, 0.4) is 0 Å². The van der Waals surface area contributed by atoms with Gasteiger partial charge in [-0.05, 0) is 42.5 Å². The number of carbonyl (C=O) groups excluding carboxylic acids is 1. The second-order valence-electron chi connectivity index (χ2n) is 7.75. The monoisotopic (exact) mass is 486 g/mol. The first kappa shape index (κ1) is 23.6. The summed E-state index contributed by atoms with van der Waals surface area (Å²) in [4.78, 5) is 29.1. The Bertz CT molecular complexity index is 1260. The molecule has 0 aliphatic carbocycles. The molecule has 34 heavy (non-hydrogen) atoms. The molecule has 0 atom stereocenters.